The van der Waals surface area contributed by atoms with E-state index in [2.05, 4.69) is 0 Å². The number of amides is 2. The number of methoxy groups -OCH3 is 1. The number of carbonyl (C=O) groups excluding carboxylic acids is 2. The van der Waals surface area contributed by atoms with Gasteiger partial charge in [-0.2, -0.15) is 0 Å². The number of rotatable bonds is 5. The van der Waals surface area contributed by atoms with Crippen LogP contribution in [0.5, 0.6) is 0 Å². The lowest BCUT2D eigenvalue weighted by Gasteiger charge is -2.11. The molecule has 0 N–H and O–H groups in total. The predicted molar refractivity (Wildman–Crippen MR) is 78.2 cm³/mol. The minimum atomic E-state index is -0.195. The van der Waals surface area contributed by atoms with Crippen molar-refractivity contribution in [3.63, 3.8) is 0 Å². The van der Waals surface area contributed by atoms with E-state index in [1.165, 1.54) is 4.90 Å². The van der Waals surface area contributed by atoms with E-state index in [4.69, 9.17) is 4.74 Å². The molecule has 102 valence electrons. The van der Waals surface area contributed by atoms with Crippen LogP contribution < -0.4 is 0 Å². The lowest BCUT2D eigenvalue weighted by molar-refractivity contribution is -0.122. The second-order valence-corrected chi connectivity index (χ2v) is 6.09. The highest BCUT2D eigenvalue weighted by Gasteiger charge is 2.34. The van der Waals surface area contributed by atoms with Crippen LogP contribution in [0.25, 0.3) is 6.08 Å². The second kappa shape index (κ2) is 6.36. The summed E-state index contributed by atoms with van der Waals surface area (Å²) in [5.41, 5.74) is 1.12. The topological polar surface area (TPSA) is 46.6 Å². The molecular formula is C13H15NO3S2. The Kier molecular flexibility index (Phi) is 4.79. The van der Waals surface area contributed by atoms with Gasteiger partial charge in [0.15, 0.2) is 0 Å². The quantitative estimate of drug-likeness (QED) is 0.619. The third-order valence-corrected chi connectivity index (χ3v) is 4.64. The zero-order valence-electron chi connectivity index (χ0n) is 10.8. The molecule has 1 saturated heterocycles. The van der Waals surface area contributed by atoms with Gasteiger partial charge in [0.25, 0.3) is 11.1 Å². The first-order valence-corrected chi connectivity index (χ1v) is 7.61. The molecule has 2 rings (SSSR count). The maximum absolute atomic E-state index is 12.1. The summed E-state index contributed by atoms with van der Waals surface area (Å²) in [5.74, 6) is -0.195. The monoisotopic (exact) mass is 297 g/mol. The molecule has 4 nitrogen and oxygen atoms in total. The number of aryl methyl sites for hydroxylation is 1. The number of thioether (sulfide) groups is 1. The van der Waals surface area contributed by atoms with Crippen molar-refractivity contribution >= 4 is 40.3 Å². The Hall–Kier alpha value is -1.11. The summed E-state index contributed by atoms with van der Waals surface area (Å²) in [4.78, 5) is 26.7. The average Bonchev–Trinajstić information content (AvgIpc) is 2.89. The van der Waals surface area contributed by atoms with Crippen LogP contribution in [0.3, 0.4) is 0 Å². The lowest BCUT2D eigenvalue weighted by atomic mass is 10.2. The van der Waals surface area contributed by atoms with Crippen molar-refractivity contribution < 1.29 is 14.3 Å². The SMILES string of the molecule is COCCCN1C(=O)SC(=Cc2sccc2C)C1=O. The number of imide groups is 1. The molecule has 2 heterocycles. The summed E-state index contributed by atoms with van der Waals surface area (Å²) in [6.07, 6.45) is 2.47. The Morgan fingerprint density at radius 1 is 1.42 bits per heavy atom. The van der Waals surface area contributed by atoms with Crippen LogP contribution in [0.4, 0.5) is 4.79 Å². The van der Waals surface area contributed by atoms with Crippen molar-refractivity contribution in [1.29, 1.82) is 0 Å². The van der Waals surface area contributed by atoms with E-state index in [1.54, 1.807) is 24.5 Å². The van der Waals surface area contributed by atoms with E-state index in [9.17, 15) is 9.59 Å². The molecule has 0 bridgehead atoms. The Labute approximate surface area is 120 Å². The Morgan fingerprint density at radius 2 is 2.21 bits per heavy atom. The zero-order valence-corrected chi connectivity index (χ0v) is 12.5. The van der Waals surface area contributed by atoms with Gasteiger partial charge in [0.2, 0.25) is 0 Å². The maximum Gasteiger partial charge on any atom is 0.293 e. The summed E-state index contributed by atoms with van der Waals surface area (Å²) in [6, 6.07) is 2.00. The molecule has 0 radical (unpaired) electrons. The molecule has 6 heteroatoms. The van der Waals surface area contributed by atoms with E-state index in [0.717, 1.165) is 22.2 Å². The van der Waals surface area contributed by atoms with Crippen molar-refractivity contribution in [2.45, 2.75) is 13.3 Å². The zero-order chi connectivity index (χ0) is 13.8. The molecule has 1 aliphatic rings. The van der Waals surface area contributed by atoms with Crippen molar-refractivity contribution in [3.8, 4) is 0 Å². The summed E-state index contributed by atoms with van der Waals surface area (Å²) in [6.45, 7) is 2.95. The first-order valence-electron chi connectivity index (χ1n) is 5.92. The van der Waals surface area contributed by atoms with E-state index < -0.39 is 0 Å². The highest BCUT2D eigenvalue weighted by molar-refractivity contribution is 8.18. The normalized spacial score (nSPS) is 17.8. The number of thiophene rings is 1. The second-order valence-electron chi connectivity index (χ2n) is 4.15. The fourth-order valence-corrected chi connectivity index (χ4v) is 3.49. The number of hydrogen-bond donors (Lipinski definition) is 0. The van der Waals surface area contributed by atoms with E-state index in [0.29, 0.717) is 24.5 Å². The van der Waals surface area contributed by atoms with Gasteiger partial charge in [0.1, 0.15) is 0 Å². The predicted octanol–water partition coefficient (Wildman–Crippen LogP) is 3.13. The minimum Gasteiger partial charge on any atom is -0.385 e. The van der Waals surface area contributed by atoms with Crippen LogP contribution in [0.1, 0.15) is 16.9 Å². The molecule has 1 aromatic rings. The van der Waals surface area contributed by atoms with Crippen LogP contribution in [-0.2, 0) is 9.53 Å². The van der Waals surface area contributed by atoms with Crippen LogP contribution in [-0.4, -0.2) is 36.3 Å². The smallest absolute Gasteiger partial charge is 0.293 e. The summed E-state index contributed by atoms with van der Waals surface area (Å²) in [7, 11) is 1.60. The summed E-state index contributed by atoms with van der Waals surface area (Å²) in [5, 5.41) is 1.78. The van der Waals surface area contributed by atoms with Crippen LogP contribution >= 0.6 is 23.1 Å². The molecule has 0 atom stereocenters. The van der Waals surface area contributed by atoms with Gasteiger partial charge in [-0.05, 0) is 48.2 Å². The summed E-state index contributed by atoms with van der Waals surface area (Å²) >= 11 is 2.58. The molecule has 1 aromatic heterocycles. The molecular weight excluding hydrogens is 282 g/mol. The van der Waals surface area contributed by atoms with Crippen LogP contribution in [0.2, 0.25) is 0 Å². The van der Waals surface area contributed by atoms with Crippen LogP contribution in [0, 0.1) is 6.92 Å². The highest BCUT2D eigenvalue weighted by atomic mass is 32.2. The number of ether oxygens (including phenoxy) is 1. The summed E-state index contributed by atoms with van der Waals surface area (Å²) < 4.78 is 4.93. The standard InChI is InChI=1S/C13H15NO3S2/c1-9-4-7-18-10(9)8-11-12(15)14(13(16)19-11)5-3-6-17-2/h4,7-8H,3,5-6H2,1-2H3. The molecule has 19 heavy (non-hydrogen) atoms. The first-order chi connectivity index (χ1) is 9.13. The molecule has 1 fully saturated rings. The van der Waals surface area contributed by atoms with Crippen LogP contribution in [0.15, 0.2) is 16.4 Å². The van der Waals surface area contributed by atoms with Gasteiger partial charge in [0, 0.05) is 25.1 Å². The Bertz CT molecular complexity index is 522. The largest absolute Gasteiger partial charge is 0.385 e. The van der Waals surface area contributed by atoms with Gasteiger partial charge >= 0.3 is 0 Å². The third-order valence-electron chi connectivity index (χ3n) is 2.77. The Balaban J connectivity index is 2.09. The fourth-order valence-electron chi connectivity index (χ4n) is 1.71. The Morgan fingerprint density at radius 3 is 2.84 bits per heavy atom. The van der Waals surface area contributed by atoms with Gasteiger partial charge in [-0.25, -0.2) is 0 Å². The molecule has 0 aromatic carbocycles. The van der Waals surface area contributed by atoms with Gasteiger partial charge < -0.3 is 4.74 Å². The number of nitrogens with zero attached hydrogens (tertiary/aromatic N) is 1. The first kappa shape index (κ1) is 14.3. The van der Waals surface area contributed by atoms with Crippen molar-refractivity contribution in [3.05, 3.63) is 26.8 Å². The van der Waals surface area contributed by atoms with Gasteiger partial charge in [0.05, 0.1) is 4.91 Å². The van der Waals surface area contributed by atoms with Gasteiger partial charge in [-0.15, -0.1) is 11.3 Å². The molecule has 1 aliphatic heterocycles. The molecule has 0 unspecified atom stereocenters. The fraction of sp³-hybridized carbons (Fsp3) is 0.385. The van der Waals surface area contributed by atoms with E-state index >= 15 is 0 Å². The average molecular weight is 297 g/mol. The number of carbonyl (C=O) groups is 2. The maximum atomic E-state index is 12.1. The van der Waals surface area contributed by atoms with Crippen molar-refractivity contribution in [2.24, 2.45) is 0 Å². The third kappa shape index (κ3) is 3.26. The highest BCUT2D eigenvalue weighted by Crippen LogP contribution is 2.33. The molecule has 2 amide bonds. The van der Waals surface area contributed by atoms with E-state index in [-0.39, 0.29) is 11.1 Å². The van der Waals surface area contributed by atoms with Gasteiger partial charge in [-0.3, -0.25) is 14.5 Å². The van der Waals surface area contributed by atoms with Crippen molar-refractivity contribution in [1.82, 2.24) is 4.90 Å². The molecule has 0 spiro atoms. The molecule has 0 aliphatic carbocycles. The lowest BCUT2D eigenvalue weighted by Crippen LogP contribution is -2.29. The number of hydrogen-bond acceptors (Lipinski definition) is 5. The minimum absolute atomic E-state index is 0.193. The van der Waals surface area contributed by atoms with Crippen molar-refractivity contribution in [2.75, 3.05) is 20.3 Å². The molecule has 0 saturated carbocycles. The van der Waals surface area contributed by atoms with E-state index in [1.807, 2.05) is 18.4 Å². The van der Waals surface area contributed by atoms with Gasteiger partial charge in [-0.1, -0.05) is 0 Å².